The van der Waals surface area contributed by atoms with Crippen molar-refractivity contribution in [3.8, 4) is 5.75 Å². The minimum atomic E-state index is -0.0438. The smallest absolute Gasteiger partial charge is 0.251 e. The number of nitrogens with one attached hydrogen (secondary N) is 1. The Balaban J connectivity index is 1.40. The lowest BCUT2D eigenvalue weighted by molar-refractivity contribution is 0.0928. The quantitative estimate of drug-likeness (QED) is 0.455. The molecule has 4 nitrogen and oxygen atoms in total. The van der Waals surface area contributed by atoms with Crippen LogP contribution in [0.4, 0.5) is 0 Å². The van der Waals surface area contributed by atoms with Crippen molar-refractivity contribution in [3.05, 3.63) is 87.6 Å². The molecule has 5 heteroatoms. The van der Waals surface area contributed by atoms with Gasteiger partial charge >= 0.3 is 0 Å². The highest BCUT2D eigenvalue weighted by Crippen LogP contribution is 2.29. The molecule has 1 aromatic heterocycles. The molecule has 4 rings (SSSR count). The van der Waals surface area contributed by atoms with E-state index >= 15 is 0 Å². The lowest BCUT2D eigenvalue weighted by atomic mass is 9.97. The van der Waals surface area contributed by atoms with Crippen LogP contribution in [0, 0.1) is 0 Å². The number of unbranched alkanes of at least 4 members (excludes halogenated alkanes) is 1. The van der Waals surface area contributed by atoms with Gasteiger partial charge in [-0.25, -0.2) is 0 Å². The van der Waals surface area contributed by atoms with Crippen molar-refractivity contribution in [1.29, 1.82) is 0 Å². The van der Waals surface area contributed by atoms with E-state index in [4.69, 9.17) is 4.74 Å². The molecule has 1 aliphatic rings. The number of carbonyl (C=O) groups is 1. The summed E-state index contributed by atoms with van der Waals surface area (Å²) in [6, 6.07) is 18.4. The fourth-order valence-corrected chi connectivity index (χ4v) is 4.74. The largest absolute Gasteiger partial charge is 0.494 e. The Morgan fingerprint density at radius 2 is 1.94 bits per heavy atom. The Hall–Kier alpha value is -2.63. The topological polar surface area (TPSA) is 41.6 Å². The normalized spacial score (nSPS) is 14.6. The van der Waals surface area contributed by atoms with Crippen LogP contribution in [0.2, 0.25) is 0 Å². The van der Waals surface area contributed by atoms with Crippen molar-refractivity contribution in [1.82, 2.24) is 10.2 Å². The summed E-state index contributed by atoms with van der Waals surface area (Å²) in [5, 5.41) is 7.47. The van der Waals surface area contributed by atoms with E-state index in [9.17, 15) is 4.79 Å². The van der Waals surface area contributed by atoms with E-state index in [0.717, 1.165) is 38.1 Å². The molecule has 0 saturated carbocycles. The average molecular weight is 435 g/mol. The van der Waals surface area contributed by atoms with Crippen LogP contribution in [0.25, 0.3) is 0 Å². The van der Waals surface area contributed by atoms with Crippen LogP contribution in [0.5, 0.6) is 5.75 Å². The van der Waals surface area contributed by atoms with Crippen LogP contribution in [0.15, 0.2) is 65.4 Å². The molecule has 1 N–H and O–H groups in total. The molecule has 2 aromatic carbocycles. The van der Waals surface area contributed by atoms with Crippen LogP contribution < -0.4 is 10.1 Å². The molecular formula is C26H30N2O2S. The van der Waals surface area contributed by atoms with Gasteiger partial charge in [0.15, 0.2) is 0 Å². The van der Waals surface area contributed by atoms with Gasteiger partial charge in [0, 0.05) is 25.2 Å². The summed E-state index contributed by atoms with van der Waals surface area (Å²) in [6.45, 7) is 5.35. The number of thiophene rings is 1. The minimum absolute atomic E-state index is 0.0438. The first-order chi connectivity index (χ1) is 15.2. The van der Waals surface area contributed by atoms with Crippen molar-refractivity contribution < 1.29 is 9.53 Å². The van der Waals surface area contributed by atoms with E-state index < -0.39 is 0 Å². The summed E-state index contributed by atoms with van der Waals surface area (Å²) in [5.74, 6) is 0.769. The number of carbonyl (C=O) groups excluding carboxylic acids is 1. The van der Waals surface area contributed by atoms with Gasteiger partial charge in [-0.3, -0.25) is 9.69 Å². The fraction of sp³-hybridized carbons (Fsp3) is 0.346. The maximum Gasteiger partial charge on any atom is 0.251 e. The predicted octanol–water partition coefficient (Wildman–Crippen LogP) is 5.46. The number of amides is 1. The summed E-state index contributed by atoms with van der Waals surface area (Å²) in [4.78, 5) is 15.3. The van der Waals surface area contributed by atoms with E-state index in [0.29, 0.717) is 18.7 Å². The molecule has 0 spiro atoms. The highest BCUT2D eigenvalue weighted by molar-refractivity contribution is 7.08. The van der Waals surface area contributed by atoms with Crippen molar-refractivity contribution in [2.24, 2.45) is 0 Å². The number of fused-ring (bicyclic) bond motifs is 1. The molecule has 2 heterocycles. The van der Waals surface area contributed by atoms with E-state index in [1.54, 1.807) is 11.3 Å². The summed E-state index contributed by atoms with van der Waals surface area (Å²) in [7, 11) is 0. The zero-order chi connectivity index (χ0) is 21.5. The third-order valence-electron chi connectivity index (χ3n) is 5.87. The van der Waals surface area contributed by atoms with Gasteiger partial charge in [-0.05, 0) is 70.6 Å². The van der Waals surface area contributed by atoms with Gasteiger partial charge in [0.2, 0.25) is 0 Å². The molecule has 1 atom stereocenters. The second-order valence-corrected chi connectivity index (χ2v) is 8.78. The second-order valence-electron chi connectivity index (χ2n) is 8.00. The van der Waals surface area contributed by atoms with Gasteiger partial charge in [0.25, 0.3) is 5.91 Å². The highest BCUT2D eigenvalue weighted by Gasteiger charge is 2.25. The number of nitrogens with zero attached hydrogens (tertiary/aromatic N) is 1. The third kappa shape index (κ3) is 5.54. The van der Waals surface area contributed by atoms with E-state index in [2.05, 4.69) is 58.2 Å². The van der Waals surface area contributed by atoms with Crippen LogP contribution in [-0.2, 0) is 13.0 Å². The van der Waals surface area contributed by atoms with Gasteiger partial charge in [-0.1, -0.05) is 37.6 Å². The van der Waals surface area contributed by atoms with Crippen molar-refractivity contribution in [3.63, 3.8) is 0 Å². The minimum Gasteiger partial charge on any atom is -0.494 e. The zero-order valence-electron chi connectivity index (χ0n) is 18.0. The zero-order valence-corrected chi connectivity index (χ0v) is 18.9. The summed E-state index contributed by atoms with van der Waals surface area (Å²) < 4.78 is 5.70. The van der Waals surface area contributed by atoms with Gasteiger partial charge in [0.05, 0.1) is 12.6 Å². The summed E-state index contributed by atoms with van der Waals surface area (Å²) in [5.41, 5.74) is 4.76. The third-order valence-corrected chi connectivity index (χ3v) is 6.57. The average Bonchev–Trinajstić information content (AvgIpc) is 3.34. The molecule has 3 aromatic rings. The van der Waals surface area contributed by atoms with Gasteiger partial charge < -0.3 is 10.1 Å². The lowest BCUT2D eigenvalue weighted by Crippen LogP contribution is -2.40. The maximum absolute atomic E-state index is 12.8. The molecule has 1 aliphatic heterocycles. The summed E-state index contributed by atoms with van der Waals surface area (Å²) >= 11 is 1.70. The monoisotopic (exact) mass is 434 g/mol. The number of rotatable bonds is 9. The predicted molar refractivity (Wildman–Crippen MR) is 127 cm³/mol. The Bertz CT molecular complexity index is 969. The Morgan fingerprint density at radius 1 is 1.13 bits per heavy atom. The molecule has 1 amide bonds. The Morgan fingerprint density at radius 3 is 2.68 bits per heavy atom. The second kappa shape index (κ2) is 10.6. The molecule has 0 radical (unpaired) electrons. The van der Waals surface area contributed by atoms with Crippen molar-refractivity contribution in [2.45, 2.75) is 38.8 Å². The van der Waals surface area contributed by atoms with Crippen LogP contribution in [0.1, 0.15) is 52.9 Å². The van der Waals surface area contributed by atoms with Crippen molar-refractivity contribution in [2.75, 3.05) is 19.7 Å². The lowest BCUT2D eigenvalue weighted by Gasteiger charge is -2.35. The van der Waals surface area contributed by atoms with Crippen molar-refractivity contribution >= 4 is 17.2 Å². The molecule has 0 aliphatic carbocycles. The first kappa shape index (κ1) is 21.6. The van der Waals surface area contributed by atoms with Crippen LogP contribution in [-0.4, -0.2) is 30.5 Å². The number of hydrogen-bond acceptors (Lipinski definition) is 4. The fourth-order valence-electron chi connectivity index (χ4n) is 4.03. The molecule has 162 valence electrons. The Labute approximate surface area is 188 Å². The SMILES string of the molecule is CCCCOc1ccc(C(=O)NCC(c2ccsc2)N2CCc3ccccc3C2)cc1. The molecule has 0 saturated heterocycles. The summed E-state index contributed by atoms with van der Waals surface area (Å²) in [6.07, 6.45) is 3.19. The number of ether oxygens (including phenoxy) is 1. The molecule has 31 heavy (non-hydrogen) atoms. The Kier molecular flexibility index (Phi) is 7.39. The van der Waals surface area contributed by atoms with E-state index in [1.807, 2.05) is 24.3 Å². The first-order valence-electron chi connectivity index (χ1n) is 11.1. The maximum atomic E-state index is 12.8. The van der Waals surface area contributed by atoms with Gasteiger partial charge in [-0.15, -0.1) is 0 Å². The number of benzene rings is 2. The highest BCUT2D eigenvalue weighted by atomic mass is 32.1. The van der Waals surface area contributed by atoms with Gasteiger partial charge in [0.1, 0.15) is 5.75 Å². The van der Waals surface area contributed by atoms with E-state index in [-0.39, 0.29) is 11.9 Å². The van der Waals surface area contributed by atoms with Crippen LogP contribution in [0.3, 0.4) is 0 Å². The molecular weight excluding hydrogens is 404 g/mol. The first-order valence-corrected chi connectivity index (χ1v) is 12.0. The molecule has 0 fully saturated rings. The standard InChI is InChI=1S/C26H30N2O2S/c1-2-3-15-30-24-10-8-21(9-11-24)26(29)27-17-25(23-13-16-31-19-23)28-14-12-20-6-4-5-7-22(20)18-28/h4-11,13,16,19,25H,2-3,12,14-15,17-18H2,1H3,(H,27,29). The molecule has 1 unspecified atom stereocenters. The van der Waals surface area contributed by atoms with Gasteiger partial charge in [-0.2, -0.15) is 11.3 Å². The van der Waals surface area contributed by atoms with E-state index in [1.165, 1.54) is 16.7 Å². The van der Waals surface area contributed by atoms with Crippen LogP contribution >= 0.6 is 11.3 Å². The number of hydrogen-bond donors (Lipinski definition) is 1. The molecule has 0 bridgehead atoms.